The molecule has 33 heavy (non-hydrogen) atoms. The summed E-state index contributed by atoms with van der Waals surface area (Å²) in [6.07, 6.45) is 0. The van der Waals surface area contributed by atoms with Gasteiger partial charge in [-0.15, -0.1) is 10.2 Å². The average molecular weight is 493 g/mol. The van der Waals surface area contributed by atoms with Crippen LogP contribution in [-0.4, -0.2) is 19.7 Å². The largest absolute Gasteiger partial charge is 0.321 e. The van der Waals surface area contributed by atoms with Gasteiger partial charge in [-0.3, -0.25) is 4.79 Å². The van der Waals surface area contributed by atoms with Gasteiger partial charge >= 0.3 is 0 Å². The quantitative estimate of drug-likeness (QED) is 0.288. The van der Waals surface area contributed by atoms with Crippen molar-refractivity contribution in [2.45, 2.75) is 23.5 Å². The number of rotatable bonds is 5. The van der Waals surface area contributed by atoms with Crippen LogP contribution in [0.4, 0.5) is 0 Å². The van der Waals surface area contributed by atoms with E-state index in [4.69, 9.17) is 23.2 Å². The van der Waals surface area contributed by atoms with Crippen molar-refractivity contribution < 1.29 is 0 Å². The van der Waals surface area contributed by atoms with Crippen molar-refractivity contribution in [3.8, 4) is 22.5 Å². The first-order valence-corrected chi connectivity index (χ1v) is 11.9. The molecule has 0 bridgehead atoms. The Hall–Kier alpha value is -3.06. The zero-order valence-corrected chi connectivity index (χ0v) is 19.9. The van der Waals surface area contributed by atoms with Crippen molar-refractivity contribution in [2.75, 3.05) is 0 Å². The molecule has 0 aliphatic heterocycles. The molecule has 0 aliphatic carbocycles. The summed E-state index contributed by atoms with van der Waals surface area (Å²) in [6.45, 7) is 2.68. The second-order valence-corrected chi connectivity index (χ2v) is 9.17. The second-order valence-electron chi connectivity index (χ2n) is 7.35. The third-order valence-corrected chi connectivity index (χ3v) is 6.98. The second kappa shape index (κ2) is 9.06. The predicted molar refractivity (Wildman–Crippen MR) is 135 cm³/mol. The van der Waals surface area contributed by atoms with Crippen LogP contribution in [0.15, 0.2) is 87.6 Å². The lowest BCUT2D eigenvalue weighted by Crippen LogP contribution is -2.11. The number of pyridine rings is 1. The van der Waals surface area contributed by atoms with Crippen LogP contribution >= 0.6 is 35.0 Å². The average Bonchev–Trinajstić information content (AvgIpc) is 3.23. The molecule has 1 N–H and O–H groups in total. The Labute approximate surface area is 204 Å². The maximum absolute atomic E-state index is 13.3. The summed E-state index contributed by atoms with van der Waals surface area (Å²) in [5.41, 5.74) is 2.89. The molecule has 0 spiro atoms. The molecule has 2 aromatic heterocycles. The Morgan fingerprint density at radius 3 is 2.48 bits per heavy atom. The number of halogens is 2. The van der Waals surface area contributed by atoms with E-state index < -0.39 is 0 Å². The highest BCUT2D eigenvalue weighted by atomic mass is 35.5. The van der Waals surface area contributed by atoms with Crippen LogP contribution < -0.4 is 5.56 Å². The monoisotopic (exact) mass is 492 g/mol. The third-order valence-electron chi connectivity index (χ3n) is 5.33. The first-order chi connectivity index (χ1) is 16.1. The number of nitrogens with zero attached hydrogens (tertiary/aromatic N) is 3. The summed E-state index contributed by atoms with van der Waals surface area (Å²) in [4.78, 5) is 16.8. The van der Waals surface area contributed by atoms with E-state index in [2.05, 4.69) is 15.2 Å². The molecule has 0 unspecified atom stereocenters. The van der Waals surface area contributed by atoms with Crippen LogP contribution in [0.3, 0.4) is 0 Å². The molecule has 5 nitrogen and oxygen atoms in total. The highest BCUT2D eigenvalue weighted by molar-refractivity contribution is 7.99. The van der Waals surface area contributed by atoms with Crippen molar-refractivity contribution in [1.82, 2.24) is 19.7 Å². The van der Waals surface area contributed by atoms with E-state index in [1.165, 1.54) is 11.8 Å². The normalized spacial score (nSPS) is 11.2. The van der Waals surface area contributed by atoms with Crippen LogP contribution in [0.1, 0.15) is 6.92 Å². The molecule has 0 fully saturated rings. The molecule has 0 radical (unpaired) electrons. The van der Waals surface area contributed by atoms with Crippen LogP contribution in [-0.2, 0) is 6.54 Å². The van der Waals surface area contributed by atoms with Gasteiger partial charge in [0.25, 0.3) is 5.56 Å². The first kappa shape index (κ1) is 21.8. The predicted octanol–water partition coefficient (Wildman–Crippen LogP) is 6.93. The third kappa shape index (κ3) is 4.06. The van der Waals surface area contributed by atoms with Crippen molar-refractivity contribution in [1.29, 1.82) is 0 Å². The van der Waals surface area contributed by atoms with Gasteiger partial charge in [0.2, 0.25) is 0 Å². The summed E-state index contributed by atoms with van der Waals surface area (Å²) in [7, 11) is 0. The molecule has 5 rings (SSSR count). The highest BCUT2D eigenvalue weighted by Crippen LogP contribution is 2.41. The first-order valence-electron chi connectivity index (χ1n) is 10.3. The Bertz CT molecular complexity index is 1530. The maximum Gasteiger partial charge on any atom is 0.263 e. The lowest BCUT2D eigenvalue weighted by Gasteiger charge is -2.14. The fourth-order valence-corrected chi connectivity index (χ4v) is 5.28. The standard InChI is InChI=1S/C25H18Cl2N4OS/c1-2-31-23(15-8-4-3-5-9-15)29-30-25(31)33-22-21(17-10-6-7-11-19(17)27)18-13-12-16(26)14-20(18)28-24(22)32/h3-14H,2H2,1H3,(H,28,32). The zero-order chi connectivity index (χ0) is 22.9. The van der Waals surface area contributed by atoms with Gasteiger partial charge in [0.05, 0.1) is 10.4 Å². The molecular formula is C25H18Cl2N4OS. The Morgan fingerprint density at radius 1 is 0.970 bits per heavy atom. The van der Waals surface area contributed by atoms with Gasteiger partial charge in [0, 0.05) is 38.7 Å². The minimum absolute atomic E-state index is 0.239. The van der Waals surface area contributed by atoms with Crippen LogP contribution in [0.25, 0.3) is 33.4 Å². The number of aromatic nitrogens is 4. The fourth-order valence-electron chi connectivity index (χ4n) is 3.82. The topological polar surface area (TPSA) is 63.6 Å². The van der Waals surface area contributed by atoms with Crippen LogP contribution in [0.2, 0.25) is 10.0 Å². The van der Waals surface area contributed by atoms with E-state index in [1.54, 1.807) is 12.1 Å². The molecule has 8 heteroatoms. The van der Waals surface area contributed by atoms with Gasteiger partial charge in [-0.25, -0.2) is 0 Å². The zero-order valence-electron chi connectivity index (χ0n) is 17.5. The summed E-state index contributed by atoms with van der Waals surface area (Å²) in [5, 5.41) is 11.4. The number of hydrogen-bond donors (Lipinski definition) is 1. The number of aromatic amines is 1. The number of fused-ring (bicyclic) bond motifs is 1. The Morgan fingerprint density at radius 2 is 1.73 bits per heavy atom. The van der Waals surface area contributed by atoms with E-state index in [-0.39, 0.29) is 5.56 Å². The van der Waals surface area contributed by atoms with Gasteiger partial charge in [0.15, 0.2) is 11.0 Å². The molecule has 0 saturated heterocycles. The smallest absolute Gasteiger partial charge is 0.263 e. The summed E-state index contributed by atoms with van der Waals surface area (Å²) >= 11 is 14.1. The van der Waals surface area contributed by atoms with E-state index in [0.717, 1.165) is 27.9 Å². The van der Waals surface area contributed by atoms with Crippen LogP contribution in [0.5, 0.6) is 0 Å². The van der Waals surface area contributed by atoms with Crippen molar-refractivity contribution in [2.24, 2.45) is 0 Å². The number of H-pyrrole nitrogens is 1. The van der Waals surface area contributed by atoms with Crippen molar-refractivity contribution in [3.05, 3.63) is 93.2 Å². The van der Waals surface area contributed by atoms with E-state index >= 15 is 0 Å². The van der Waals surface area contributed by atoms with Crippen molar-refractivity contribution in [3.63, 3.8) is 0 Å². The minimum Gasteiger partial charge on any atom is -0.321 e. The summed E-state index contributed by atoms with van der Waals surface area (Å²) in [6, 6.07) is 22.8. The number of nitrogens with one attached hydrogen (secondary N) is 1. The van der Waals surface area contributed by atoms with Gasteiger partial charge < -0.3 is 9.55 Å². The van der Waals surface area contributed by atoms with E-state index in [0.29, 0.717) is 32.2 Å². The molecule has 2 heterocycles. The lowest BCUT2D eigenvalue weighted by atomic mass is 10.0. The highest BCUT2D eigenvalue weighted by Gasteiger charge is 2.21. The summed E-state index contributed by atoms with van der Waals surface area (Å²) in [5.74, 6) is 0.754. The Kier molecular flexibility index (Phi) is 5.98. The van der Waals surface area contributed by atoms with Gasteiger partial charge in [-0.1, -0.05) is 77.8 Å². The SMILES string of the molecule is CCn1c(Sc2c(-c3ccccc3Cl)c3ccc(Cl)cc3[nH]c2=O)nnc1-c1ccccc1. The summed E-state index contributed by atoms with van der Waals surface area (Å²) < 4.78 is 2.00. The molecule has 0 atom stereocenters. The van der Waals surface area contributed by atoms with Crippen molar-refractivity contribution >= 4 is 45.9 Å². The van der Waals surface area contributed by atoms with Gasteiger partial charge in [-0.2, -0.15) is 0 Å². The van der Waals surface area contributed by atoms with E-state index in [9.17, 15) is 4.79 Å². The molecule has 0 aliphatic rings. The van der Waals surface area contributed by atoms with Crippen LogP contribution in [0, 0.1) is 0 Å². The van der Waals surface area contributed by atoms with Gasteiger partial charge in [0.1, 0.15) is 0 Å². The molecule has 5 aromatic rings. The maximum atomic E-state index is 13.3. The molecule has 0 saturated carbocycles. The molecule has 0 amide bonds. The fraction of sp³-hybridized carbons (Fsp3) is 0.0800. The molecule has 3 aromatic carbocycles. The van der Waals surface area contributed by atoms with Gasteiger partial charge in [-0.05, 0) is 36.9 Å². The number of benzene rings is 3. The molecular weight excluding hydrogens is 475 g/mol. The van der Waals surface area contributed by atoms with E-state index in [1.807, 2.05) is 72.2 Å². The lowest BCUT2D eigenvalue weighted by molar-refractivity contribution is 0.687. The molecule has 164 valence electrons. The Balaban J connectivity index is 1.73. The number of hydrogen-bond acceptors (Lipinski definition) is 4. The minimum atomic E-state index is -0.239.